The molecule has 184 valence electrons. The van der Waals surface area contributed by atoms with Gasteiger partial charge in [0, 0.05) is 19.0 Å². The predicted octanol–water partition coefficient (Wildman–Crippen LogP) is 5.58. The van der Waals surface area contributed by atoms with Crippen LogP contribution in [0.4, 0.5) is 0 Å². The van der Waals surface area contributed by atoms with E-state index in [0.29, 0.717) is 17.2 Å². The lowest BCUT2D eigenvalue weighted by Crippen LogP contribution is -2.53. The fraction of sp³-hybridized carbons (Fsp3) is 0.310. The molecule has 0 aliphatic rings. The van der Waals surface area contributed by atoms with Gasteiger partial charge in [0.25, 0.3) is 5.91 Å². The normalized spacial score (nSPS) is 12.5. The summed E-state index contributed by atoms with van der Waals surface area (Å²) in [4.78, 5) is 28.7. The number of nitrogens with one attached hydrogen (secondary N) is 1. The van der Waals surface area contributed by atoms with E-state index < -0.39 is 6.04 Å². The number of halogens is 1. The number of benzene rings is 3. The second-order valence-corrected chi connectivity index (χ2v) is 9.16. The van der Waals surface area contributed by atoms with Gasteiger partial charge < -0.3 is 15.0 Å². The van der Waals surface area contributed by atoms with Gasteiger partial charge in [-0.3, -0.25) is 9.59 Å². The van der Waals surface area contributed by atoms with Crippen molar-refractivity contribution in [2.24, 2.45) is 0 Å². The number of ether oxygens (including phenoxy) is 1. The van der Waals surface area contributed by atoms with Crippen molar-refractivity contribution in [3.63, 3.8) is 0 Å². The molecular weight excluding hydrogens is 460 g/mol. The lowest BCUT2D eigenvalue weighted by molar-refractivity contribution is -0.143. The minimum Gasteiger partial charge on any atom is -0.482 e. The number of hydrogen-bond donors (Lipinski definition) is 1. The molecular formula is C29H33ClN2O3. The van der Waals surface area contributed by atoms with Crippen LogP contribution in [-0.2, 0) is 22.6 Å². The van der Waals surface area contributed by atoms with Crippen LogP contribution >= 0.6 is 11.6 Å². The summed E-state index contributed by atoms with van der Waals surface area (Å²) in [5.41, 5.74) is 3.05. The van der Waals surface area contributed by atoms with E-state index in [1.54, 1.807) is 29.2 Å². The third-order valence-electron chi connectivity index (χ3n) is 5.93. The van der Waals surface area contributed by atoms with E-state index in [4.69, 9.17) is 16.3 Å². The highest BCUT2D eigenvalue weighted by molar-refractivity contribution is 6.32. The Hall–Kier alpha value is -3.31. The average Bonchev–Trinajstić information content (AvgIpc) is 2.87. The Bertz CT molecular complexity index is 1100. The lowest BCUT2D eigenvalue weighted by Gasteiger charge is -2.32. The maximum Gasteiger partial charge on any atom is 0.261 e. The van der Waals surface area contributed by atoms with Crippen molar-refractivity contribution in [1.29, 1.82) is 0 Å². The van der Waals surface area contributed by atoms with Gasteiger partial charge in [-0.05, 0) is 43.5 Å². The summed E-state index contributed by atoms with van der Waals surface area (Å²) in [6.45, 7) is 6.06. The Morgan fingerprint density at radius 1 is 0.943 bits per heavy atom. The van der Waals surface area contributed by atoms with Crippen LogP contribution in [-0.4, -0.2) is 35.4 Å². The van der Waals surface area contributed by atoms with Gasteiger partial charge in [0.2, 0.25) is 5.91 Å². The predicted molar refractivity (Wildman–Crippen MR) is 141 cm³/mol. The van der Waals surface area contributed by atoms with E-state index in [1.165, 1.54) is 0 Å². The molecule has 0 unspecified atom stereocenters. The molecule has 0 heterocycles. The van der Waals surface area contributed by atoms with Crippen LogP contribution in [0.15, 0.2) is 78.9 Å². The minimum absolute atomic E-state index is 0.00326. The lowest BCUT2D eigenvalue weighted by atomic mass is 10.0. The SMILES string of the molecule is CC[C@H](C)NC(=O)[C@@H](Cc1ccccc1)N(Cc1ccc(C)cc1)C(=O)COc1ccccc1Cl. The number of aryl methyl sites for hydroxylation is 1. The average molecular weight is 493 g/mol. The van der Waals surface area contributed by atoms with Gasteiger partial charge in [-0.1, -0.05) is 90.8 Å². The van der Waals surface area contributed by atoms with Crippen LogP contribution in [0.3, 0.4) is 0 Å². The largest absolute Gasteiger partial charge is 0.482 e. The van der Waals surface area contributed by atoms with Crippen LogP contribution in [0, 0.1) is 6.92 Å². The van der Waals surface area contributed by atoms with Crippen molar-refractivity contribution in [2.45, 2.75) is 52.2 Å². The Morgan fingerprint density at radius 2 is 1.60 bits per heavy atom. The molecule has 0 bridgehead atoms. The van der Waals surface area contributed by atoms with E-state index >= 15 is 0 Å². The fourth-order valence-corrected chi connectivity index (χ4v) is 3.86. The standard InChI is InChI=1S/C29H33ClN2O3/c1-4-22(3)31-29(34)26(18-23-10-6-5-7-11-23)32(19-24-16-14-21(2)15-17-24)28(33)20-35-27-13-9-8-12-25(27)30/h5-17,22,26H,4,18-20H2,1-3H3,(H,31,34)/t22-,26+/m0/s1. The first-order valence-corrected chi connectivity index (χ1v) is 12.3. The van der Waals surface area contributed by atoms with Crippen molar-refractivity contribution in [2.75, 3.05) is 6.61 Å². The van der Waals surface area contributed by atoms with Gasteiger partial charge in [-0.25, -0.2) is 0 Å². The van der Waals surface area contributed by atoms with E-state index in [2.05, 4.69) is 5.32 Å². The van der Waals surface area contributed by atoms with Crippen LogP contribution in [0.1, 0.15) is 37.0 Å². The van der Waals surface area contributed by atoms with Crippen LogP contribution < -0.4 is 10.1 Å². The summed E-state index contributed by atoms with van der Waals surface area (Å²) in [7, 11) is 0. The summed E-state index contributed by atoms with van der Waals surface area (Å²) in [5, 5.41) is 3.50. The summed E-state index contributed by atoms with van der Waals surface area (Å²) in [5.74, 6) is -0.0337. The summed E-state index contributed by atoms with van der Waals surface area (Å²) >= 11 is 6.21. The molecule has 0 spiro atoms. The maximum atomic E-state index is 13.6. The zero-order chi connectivity index (χ0) is 25.2. The number of carbonyl (C=O) groups is 2. The number of rotatable bonds is 11. The molecule has 0 fully saturated rings. The smallest absolute Gasteiger partial charge is 0.261 e. The Morgan fingerprint density at radius 3 is 2.26 bits per heavy atom. The van der Waals surface area contributed by atoms with E-state index in [1.807, 2.05) is 75.4 Å². The third kappa shape index (κ3) is 7.86. The monoisotopic (exact) mass is 492 g/mol. The first-order chi connectivity index (χ1) is 16.9. The fourth-order valence-electron chi connectivity index (χ4n) is 3.67. The Kier molecular flexibility index (Phi) is 9.74. The minimum atomic E-state index is -0.699. The second kappa shape index (κ2) is 13.0. The molecule has 3 aromatic carbocycles. The zero-order valence-electron chi connectivity index (χ0n) is 20.5. The van der Waals surface area contributed by atoms with Gasteiger partial charge in [0.1, 0.15) is 11.8 Å². The first kappa shape index (κ1) is 26.3. The molecule has 1 N–H and O–H groups in total. The molecule has 2 atom stereocenters. The van der Waals surface area contributed by atoms with Crippen molar-refractivity contribution < 1.29 is 14.3 Å². The summed E-state index contributed by atoms with van der Waals surface area (Å²) in [6.07, 6.45) is 1.19. The molecule has 0 aliphatic heterocycles. The van der Waals surface area contributed by atoms with Crippen molar-refractivity contribution in [3.8, 4) is 5.75 Å². The molecule has 3 aromatic rings. The van der Waals surface area contributed by atoms with E-state index in [-0.39, 0.29) is 31.0 Å². The third-order valence-corrected chi connectivity index (χ3v) is 6.25. The number of hydrogen-bond acceptors (Lipinski definition) is 3. The second-order valence-electron chi connectivity index (χ2n) is 8.75. The van der Waals surface area contributed by atoms with Crippen LogP contribution in [0.25, 0.3) is 0 Å². The van der Waals surface area contributed by atoms with Crippen LogP contribution in [0.2, 0.25) is 5.02 Å². The molecule has 6 heteroatoms. The van der Waals surface area contributed by atoms with Crippen molar-refractivity contribution >= 4 is 23.4 Å². The molecule has 0 radical (unpaired) electrons. The molecule has 2 amide bonds. The van der Waals surface area contributed by atoms with E-state index in [0.717, 1.165) is 23.1 Å². The van der Waals surface area contributed by atoms with Gasteiger partial charge >= 0.3 is 0 Å². The first-order valence-electron chi connectivity index (χ1n) is 11.9. The van der Waals surface area contributed by atoms with Gasteiger partial charge in [-0.2, -0.15) is 0 Å². The van der Waals surface area contributed by atoms with E-state index in [9.17, 15) is 9.59 Å². The van der Waals surface area contributed by atoms with Gasteiger partial charge in [-0.15, -0.1) is 0 Å². The molecule has 0 aromatic heterocycles. The molecule has 0 saturated heterocycles. The summed E-state index contributed by atoms with van der Waals surface area (Å²) in [6, 6.07) is 24.1. The van der Waals surface area contributed by atoms with Crippen LogP contribution in [0.5, 0.6) is 5.75 Å². The highest BCUT2D eigenvalue weighted by atomic mass is 35.5. The number of amides is 2. The summed E-state index contributed by atoms with van der Waals surface area (Å²) < 4.78 is 5.76. The molecule has 0 aliphatic carbocycles. The Balaban J connectivity index is 1.91. The maximum absolute atomic E-state index is 13.6. The quantitative estimate of drug-likeness (QED) is 0.380. The Labute approximate surface area is 213 Å². The molecule has 35 heavy (non-hydrogen) atoms. The highest BCUT2D eigenvalue weighted by Gasteiger charge is 2.31. The number of carbonyl (C=O) groups excluding carboxylic acids is 2. The van der Waals surface area contributed by atoms with Gasteiger partial charge in [0.15, 0.2) is 6.61 Å². The highest BCUT2D eigenvalue weighted by Crippen LogP contribution is 2.23. The topological polar surface area (TPSA) is 58.6 Å². The zero-order valence-corrected chi connectivity index (χ0v) is 21.3. The molecule has 0 saturated carbocycles. The van der Waals surface area contributed by atoms with Crippen molar-refractivity contribution in [3.05, 3.63) is 101 Å². The van der Waals surface area contributed by atoms with Crippen molar-refractivity contribution in [1.82, 2.24) is 10.2 Å². The molecule has 3 rings (SSSR count). The van der Waals surface area contributed by atoms with Gasteiger partial charge in [0.05, 0.1) is 5.02 Å². The molecule has 5 nitrogen and oxygen atoms in total. The number of para-hydroxylation sites is 1. The number of nitrogens with zero attached hydrogens (tertiary/aromatic N) is 1.